The molecule has 0 spiro atoms. The van der Waals surface area contributed by atoms with E-state index in [4.69, 9.17) is 10.3 Å². The average Bonchev–Trinajstić information content (AvgIpc) is 2.99. The molecule has 0 aliphatic carbocycles. The molecule has 1 fully saturated rings. The van der Waals surface area contributed by atoms with Gasteiger partial charge in [-0.3, -0.25) is 0 Å². The van der Waals surface area contributed by atoms with E-state index in [-0.39, 0.29) is 12.1 Å². The van der Waals surface area contributed by atoms with Crippen LogP contribution in [-0.2, 0) is 4.74 Å². The highest BCUT2D eigenvalue weighted by molar-refractivity contribution is 5.21. The lowest BCUT2D eigenvalue weighted by atomic mass is 10.1. The van der Waals surface area contributed by atoms with E-state index < -0.39 is 0 Å². The summed E-state index contributed by atoms with van der Waals surface area (Å²) < 4.78 is 5.11. The Bertz CT molecular complexity index is 328. The lowest BCUT2D eigenvalue weighted by Gasteiger charge is -2.06. The molecule has 1 saturated heterocycles. The number of nitrogens with zero attached hydrogens (tertiary/aromatic N) is 3. The SMILES string of the molecule is [N-]=[N+]=N[C@@H](c1ccccc1)[C@@H]1CO1. The number of hydrogen-bond donors (Lipinski definition) is 0. The monoisotopic (exact) mass is 175 g/mol. The first-order chi connectivity index (χ1) is 6.42. The summed E-state index contributed by atoms with van der Waals surface area (Å²) in [7, 11) is 0. The molecular weight excluding hydrogens is 166 g/mol. The van der Waals surface area contributed by atoms with Gasteiger partial charge in [0, 0.05) is 4.91 Å². The predicted molar refractivity (Wildman–Crippen MR) is 48.1 cm³/mol. The maximum Gasteiger partial charge on any atom is 0.0935 e. The fraction of sp³-hybridized carbons (Fsp3) is 0.333. The molecule has 1 aliphatic rings. The van der Waals surface area contributed by atoms with Crippen LogP contribution in [0.4, 0.5) is 0 Å². The van der Waals surface area contributed by atoms with Crippen LogP contribution < -0.4 is 0 Å². The molecular formula is C9H9N3O. The van der Waals surface area contributed by atoms with Gasteiger partial charge in [0.1, 0.15) is 0 Å². The first-order valence-corrected chi connectivity index (χ1v) is 4.12. The zero-order chi connectivity index (χ0) is 9.10. The highest BCUT2D eigenvalue weighted by Gasteiger charge is 2.32. The van der Waals surface area contributed by atoms with Gasteiger partial charge in [-0.25, -0.2) is 0 Å². The maximum absolute atomic E-state index is 8.38. The molecule has 0 N–H and O–H groups in total. The Morgan fingerprint density at radius 2 is 2.15 bits per heavy atom. The summed E-state index contributed by atoms with van der Waals surface area (Å²) in [4.78, 5) is 2.82. The van der Waals surface area contributed by atoms with Crippen LogP contribution in [0.1, 0.15) is 11.6 Å². The summed E-state index contributed by atoms with van der Waals surface area (Å²) in [5, 5.41) is 3.71. The minimum absolute atomic E-state index is 0.0818. The highest BCUT2D eigenvalue weighted by atomic mass is 16.6. The second-order valence-corrected chi connectivity index (χ2v) is 2.93. The summed E-state index contributed by atoms with van der Waals surface area (Å²) in [6, 6.07) is 9.52. The van der Waals surface area contributed by atoms with Crippen molar-refractivity contribution in [2.45, 2.75) is 12.1 Å². The molecule has 0 saturated carbocycles. The zero-order valence-electron chi connectivity index (χ0n) is 7.00. The van der Waals surface area contributed by atoms with Gasteiger partial charge in [-0.15, -0.1) is 0 Å². The Kier molecular flexibility index (Phi) is 2.17. The second kappa shape index (κ2) is 3.47. The third-order valence-electron chi connectivity index (χ3n) is 2.03. The molecule has 1 aromatic carbocycles. The highest BCUT2D eigenvalue weighted by Crippen LogP contribution is 2.30. The summed E-state index contributed by atoms with van der Waals surface area (Å²) in [5.41, 5.74) is 9.39. The van der Waals surface area contributed by atoms with Crippen molar-refractivity contribution in [1.29, 1.82) is 0 Å². The average molecular weight is 175 g/mol. The number of rotatable bonds is 3. The van der Waals surface area contributed by atoms with Crippen LogP contribution in [0, 0.1) is 0 Å². The Hall–Kier alpha value is -1.51. The standard InChI is InChI=1S/C9H9N3O/c10-12-11-9(8-6-13-8)7-4-2-1-3-5-7/h1-5,8-9H,6H2/t8-,9-/m0/s1. The molecule has 4 heteroatoms. The minimum Gasteiger partial charge on any atom is -0.372 e. The van der Waals surface area contributed by atoms with Crippen LogP contribution in [0.3, 0.4) is 0 Å². The topological polar surface area (TPSA) is 61.3 Å². The molecule has 0 radical (unpaired) electrons. The van der Waals surface area contributed by atoms with Gasteiger partial charge in [-0.05, 0) is 11.1 Å². The molecule has 1 heterocycles. The minimum atomic E-state index is -0.161. The molecule has 2 atom stereocenters. The number of hydrogen-bond acceptors (Lipinski definition) is 2. The summed E-state index contributed by atoms with van der Waals surface area (Å²) >= 11 is 0. The van der Waals surface area contributed by atoms with Crippen molar-refractivity contribution in [3.8, 4) is 0 Å². The maximum atomic E-state index is 8.38. The Morgan fingerprint density at radius 3 is 2.69 bits per heavy atom. The lowest BCUT2D eigenvalue weighted by molar-refractivity contribution is 0.376. The Morgan fingerprint density at radius 1 is 1.46 bits per heavy atom. The lowest BCUT2D eigenvalue weighted by Crippen LogP contribution is -2.01. The van der Waals surface area contributed by atoms with E-state index in [1.54, 1.807) is 0 Å². The van der Waals surface area contributed by atoms with Crippen molar-refractivity contribution < 1.29 is 4.74 Å². The van der Waals surface area contributed by atoms with Gasteiger partial charge >= 0.3 is 0 Å². The molecule has 1 aliphatic heterocycles. The van der Waals surface area contributed by atoms with Crippen molar-refractivity contribution in [3.05, 3.63) is 46.3 Å². The molecule has 13 heavy (non-hydrogen) atoms. The Labute approximate surface area is 75.8 Å². The normalized spacial score (nSPS) is 21.7. The van der Waals surface area contributed by atoms with Crippen LogP contribution in [0.25, 0.3) is 10.4 Å². The van der Waals surface area contributed by atoms with Gasteiger partial charge in [0.15, 0.2) is 0 Å². The molecule has 0 aromatic heterocycles. The van der Waals surface area contributed by atoms with Crippen LogP contribution in [0.15, 0.2) is 35.4 Å². The quantitative estimate of drug-likeness (QED) is 0.301. The van der Waals surface area contributed by atoms with Crippen LogP contribution in [0.2, 0.25) is 0 Å². The van der Waals surface area contributed by atoms with E-state index in [9.17, 15) is 0 Å². The third-order valence-corrected chi connectivity index (χ3v) is 2.03. The van der Waals surface area contributed by atoms with E-state index in [0.717, 1.165) is 5.56 Å². The predicted octanol–water partition coefficient (Wildman–Crippen LogP) is 2.44. The fourth-order valence-corrected chi connectivity index (χ4v) is 1.30. The number of benzene rings is 1. The number of azide groups is 1. The van der Waals surface area contributed by atoms with Gasteiger partial charge in [0.2, 0.25) is 0 Å². The summed E-state index contributed by atoms with van der Waals surface area (Å²) in [6.45, 7) is 0.693. The first-order valence-electron chi connectivity index (χ1n) is 4.12. The van der Waals surface area contributed by atoms with E-state index >= 15 is 0 Å². The van der Waals surface area contributed by atoms with E-state index in [1.165, 1.54) is 0 Å². The van der Waals surface area contributed by atoms with Crippen LogP contribution in [-0.4, -0.2) is 12.7 Å². The molecule has 66 valence electrons. The number of ether oxygens (including phenoxy) is 1. The van der Waals surface area contributed by atoms with Crippen molar-refractivity contribution in [2.75, 3.05) is 6.61 Å². The third kappa shape index (κ3) is 1.80. The summed E-state index contributed by atoms with van der Waals surface area (Å²) in [6.07, 6.45) is 0.0818. The van der Waals surface area contributed by atoms with Crippen LogP contribution in [0.5, 0.6) is 0 Å². The van der Waals surface area contributed by atoms with E-state index in [1.807, 2.05) is 30.3 Å². The van der Waals surface area contributed by atoms with Crippen molar-refractivity contribution in [2.24, 2.45) is 5.11 Å². The van der Waals surface area contributed by atoms with E-state index in [0.29, 0.717) is 6.61 Å². The van der Waals surface area contributed by atoms with Gasteiger partial charge in [-0.2, -0.15) is 0 Å². The number of epoxide rings is 1. The second-order valence-electron chi connectivity index (χ2n) is 2.93. The fourth-order valence-electron chi connectivity index (χ4n) is 1.30. The van der Waals surface area contributed by atoms with Crippen LogP contribution >= 0.6 is 0 Å². The molecule has 0 unspecified atom stereocenters. The Balaban J connectivity index is 2.24. The molecule has 0 amide bonds. The first kappa shape index (κ1) is 8.10. The molecule has 0 bridgehead atoms. The molecule has 4 nitrogen and oxygen atoms in total. The zero-order valence-corrected chi connectivity index (χ0v) is 7.00. The van der Waals surface area contributed by atoms with Gasteiger partial charge in [0.25, 0.3) is 0 Å². The summed E-state index contributed by atoms with van der Waals surface area (Å²) in [5.74, 6) is 0. The van der Waals surface area contributed by atoms with Gasteiger partial charge in [-0.1, -0.05) is 35.4 Å². The molecule has 1 aromatic rings. The van der Waals surface area contributed by atoms with Crippen molar-refractivity contribution in [1.82, 2.24) is 0 Å². The van der Waals surface area contributed by atoms with Gasteiger partial charge < -0.3 is 4.74 Å². The van der Waals surface area contributed by atoms with Gasteiger partial charge in [0.05, 0.1) is 18.8 Å². The van der Waals surface area contributed by atoms with E-state index in [2.05, 4.69) is 10.0 Å². The molecule has 2 rings (SSSR count). The smallest absolute Gasteiger partial charge is 0.0935 e. The van der Waals surface area contributed by atoms with Crippen molar-refractivity contribution >= 4 is 0 Å². The van der Waals surface area contributed by atoms with Crippen molar-refractivity contribution in [3.63, 3.8) is 0 Å². The largest absolute Gasteiger partial charge is 0.372 e.